The predicted octanol–water partition coefficient (Wildman–Crippen LogP) is 2.58. The molecule has 0 bridgehead atoms. The van der Waals surface area contributed by atoms with E-state index in [4.69, 9.17) is 0 Å². The van der Waals surface area contributed by atoms with Gasteiger partial charge in [0, 0.05) is 32.1 Å². The summed E-state index contributed by atoms with van der Waals surface area (Å²) < 4.78 is 0. The molecule has 25 heavy (non-hydrogen) atoms. The van der Waals surface area contributed by atoms with Gasteiger partial charge in [-0.25, -0.2) is 0 Å². The number of aryl methyl sites for hydroxylation is 2. The van der Waals surface area contributed by atoms with E-state index in [1.54, 1.807) is 0 Å². The van der Waals surface area contributed by atoms with Crippen LogP contribution in [0.4, 0.5) is 0 Å². The first-order chi connectivity index (χ1) is 12.2. The summed E-state index contributed by atoms with van der Waals surface area (Å²) in [6, 6.07) is 6.59. The molecule has 0 N–H and O–H groups in total. The fourth-order valence-electron chi connectivity index (χ4n) is 4.16. The van der Waals surface area contributed by atoms with Crippen molar-refractivity contribution in [2.24, 2.45) is 5.92 Å². The minimum atomic E-state index is 0.205. The first kappa shape index (κ1) is 16.6. The largest absolute Gasteiger partial charge is 0.341 e. The molecule has 1 saturated heterocycles. The molecule has 1 aromatic carbocycles. The van der Waals surface area contributed by atoms with E-state index >= 15 is 0 Å². The highest BCUT2D eigenvalue weighted by molar-refractivity contribution is 5.81. The van der Waals surface area contributed by atoms with Gasteiger partial charge in [-0.05, 0) is 61.6 Å². The lowest BCUT2D eigenvalue weighted by molar-refractivity contribution is -0.134. The third-order valence-corrected chi connectivity index (χ3v) is 5.86. The molecule has 0 atom stereocenters. The van der Waals surface area contributed by atoms with Gasteiger partial charge in [-0.1, -0.05) is 18.2 Å². The Hall–Kier alpha value is -1.84. The number of carbonyl (C=O) groups excluding carboxylic acids is 2. The maximum Gasteiger partial charge on any atom is 0.227 e. The second-order valence-corrected chi connectivity index (χ2v) is 7.82. The SMILES string of the molecule is O=C(Cc1ccc2c(c1)CCCC2)N1CCCN(C(=O)C2CC2)CC1. The van der Waals surface area contributed by atoms with Gasteiger partial charge in [0.15, 0.2) is 0 Å². The van der Waals surface area contributed by atoms with Gasteiger partial charge in [-0.2, -0.15) is 0 Å². The summed E-state index contributed by atoms with van der Waals surface area (Å²) in [6.45, 7) is 2.96. The summed E-state index contributed by atoms with van der Waals surface area (Å²) in [5, 5.41) is 0. The van der Waals surface area contributed by atoms with Crippen LogP contribution in [-0.2, 0) is 28.9 Å². The lowest BCUT2D eigenvalue weighted by atomic mass is 9.90. The Morgan fingerprint density at radius 2 is 1.60 bits per heavy atom. The van der Waals surface area contributed by atoms with Crippen LogP contribution in [0.5, 0.6) is 0 Å². The minimum Gasteiger partial charge on any atom is -0.341 e. The molecular weight excluding hydrogens is 312 g/mol. The van der Waals surface area contributed by atoms with E-state index in [1.807, 2.05) is 9.80 Å². The third-order valence-electron chi connectivity index (χ3n) is 5.86. The highest BCUT2D eigenvalue weighted by Gasteiger charge is 2.34. The van der Waals surface area contributed by atoms with Crippen molar-refractivity contribution in [2.45, 2.75) is 51.4 Å². The smallest absolute Gasteiger partial charge is 0.227 e. The van der Waals surface area contributed by atoms with Gasteiger partial charge in [-0.3, -0.25) is 9.59 Å². The molecule has 3 aliphatic rings. The molecule has 1 saturated carbocycles. The summed E-state index contributed by atoms with van der Waals surface area (Å²) in [4.78, 5) is 28.9. The van der Waals surface area contributed by atoms with Crippen molar-refractivity contribution in [3.05, 3.63) is 34.9 Å². The van der Waals surface area contributed by atoms with Gasteiger partial charge in [0.2, 0.25) is 11.8 Å². The molecule has 0 radical (unpaired) electrons. The second kappa shape index (κ2) is 7.19. The van der Waals surface area contributed by atoms with Crippen molar-refractivity contribution >= 4 is 11.8 Å². The molecule has 1 aromatic rings. The number of hydrogen-bond donors (Lipinski definition) is 0. The van der Waals surface area contributed by atoms with Crippen LogP contribution in [0.2, 0.25) is 0 Å². The van der Waals surface area contributed by atoms with E-state index in [9.17, 15) is 9.59 Å². The topological polar surface area (TPSA) is 40.6 Å². The standard InChI is InChI=1S/C21H28N2O2/c24-20(15-16-6-7-17-4-1-2-5-19(17)14-16)22-10-3-11-23(13-12-22)21(25)18-8-9-18/h6-7,14,18H,1-5,8-13,15H2. The number of rotatable bonds is 3. The first-order valence-corrected chi connectivity index (χ1v) is 9.88. The van der Waals surface area contributed by atoms with E-state index in [0.29, 0.717) is 25.4 Å². The molecule has 4 heteroatoms. The summed E-state index contributed by atoms with van der Waals surface area (Å²) >= 11 is 0. The van der Waals surface area contributed by atoms with Crippen LogP contribution in [0.15, 0.2) is 18.2 Å². The van der Waals surface area contributed by atoms with E-state index in [1.165, 1.54) is 30.4 Å². The maximum absolute atomic E-state index is 12.7. The highest BCUT2D eigenvalue weighted by Crippen LogP contribution is 2.31. The lowest BCUT2D eigenvalue weighted by Gasteiger charge is -2.23. The van der Waals surface area contributed by atoms with Crippen LogP contribution in [-0.4, -0.2) is 47.8 Å². The molecule has 0 spiro atoms. The summed E-state index contributed by atoms with van der Waals surface area (Å²) in [5.41, 5.74) is 4.04. The second-order valence-electron chi connectivity index (χ2n) is 7.82. The Kier molecular flexibility index (Phi) is 4.78. The van der Waals surface area contributed by atoms with Crippen LogP contribution in [0.3, 0.4) is 0 Å². The number of benzene rings is 1. The Bertz CT molecular complexity index is 666. The maximum atomic E-state index is 12.7. The Labute approximate surface area is 150 Å². The first-order valence-electron chi connectivity index (χ1n) is 9.88. The zero-order valence-electron chi connectivity index (χ0n) is 15.0. The van der Waals surface area contributed by atoms with Crippen LogP contribution >= 0.6 is 0 Å². The minimum absolute atomic E-state index is 0.205. The number of hydrogen-bond acceptors (Lipinski definition) is 2. The van der Waals surface area contributed by atoms with Crippen molar-refractivity contribution in [3.8, 4) is 0 Å². The average molecular weight is 340 g/mol. The summed E-state index contributed by atoms with van der Waals surface area (Å²) in [7, 11) is 0. The summed E-state index contributed by atoms with van der Waals surface area (Å²) in [6.07, 6.45) is 8.38. The van der Waals surface area contributed by atoms with E-state index < -0.39 is 0 Å². The molecule has 0 aromatic heterocycles. The Morgan fingerprint density at radius 3 is 2.40 bits per heavy atom. The molecule has 2 aliphatic carbocycles. The molecule has 4 rings (SSSR count). The zero-order valence-corrected chi connectivity index (χ0v) is 15.0. The van der Waals surface area contributed by atoms with Crippen LogP contribution in [0.1, 0.15) is 48.8 Å². The van der Waals surface area contributed by atoms with Gasteiger partial charge in [0.05, 0.1) is 6.42 Å². The van der Waals surface area contributed by atoms with Crippen LogP contribution in [0.25, 0.3) is 0 Å². The molecule has 1 heterocycles. The normalized spacial score (nSPS) is 20.8. The number of nitrogens with zero attached hydrogens (tertiary/aromatic N) is 2. The molecule has 134 valence electrons. The van der Waals surface area contributed by atoms with E-state index in [2.05, 4.69) is 18.2 Å². The van der Waals surface area contributed by atoms with Crippen molar-refractivity contribution < 1.29 is 9.59 Å². The van der Waals surface area contributed by atoms with E-state index in [-0.39, 0.29) is 11.8 Å². The molecule has 1 aliphatic heterocycles. The van der Waals surface area contributed by atoms with Gasteiger partial charge in [-0.15, -0.1) is 0 Å². The zero-order chi connectivity index (χ0) is 17.2. The highest BCUT2D eigenvalue weighted by atomic mass is 16.2. The molecule has 2 amide bonds. The lowest BCUT2D eigenvalue weighted by Crippen LogP contribution is -2.38. The van der Waals surface area contributed by atoms with Gasteiger partial charge < -0.3 is 9.80 Å². The van der Waals surface area contributed by atoms with Crippen LogP contribution < -0.4 is 0 Å². The summed E-state index contributed by atoms with van der Waals surface area (Å²) in [5.74, 6) is 0.790. The van der Waals surface area contributed by atoms with Crippen molar-refractivity contribution in [1.82, 2.24) is 9.80 Å². The predicted molar refractivity (Wildman–Crippen MR) is 97.3 cm³/mol. The molecule has 2 fully saturated rings. The number of carbonyl (C=O) groups is 2. The van der Waals surface area contributed by atoms with Crippen molar-refractivity contribution in [2.75, 3.05) is 26.2 Å². The van der Waals surface area contributed by atoms with Crippen molar-refractivity contribution in [1.29, 1.82) is 0 Å². The van der Waals surface area contributed by atoms with Crippen molar-refractivity contribution in [3.63, 3.8) is 0 Å². The van der Waals surface area contributed by atoms with Gasteiger partial charge in [0.1, 0.15) is 0 Å². The molecule has 0 unspecified atom stereocenters. The number of amides is 2. The average Bonchev–Trinajstić information content (AvgIpc) is 3.47. The Morgan fingerprint density at radius 1 is 0.880 bits per heavy atom. The quantitative estimate of drug-likeness (QED) is 0.848. The fraction of sp³-hybridized carbons (Fsp3) is 0.619. The van der Waals surface area contributed by atoms with Gasteiger partial charge >= 0.3 is 0 Å². The van der Waals surface area contributed by atoms with Gasteiger partial charge in [0.25, 0.3) is 0 Å². The number of fused-ring (bicyclic) bond motifs is 1. The Balaban J connectivity index is 1.35. The molecular formula is C21H28N2O2. The third kappa shape index (κ3) is 3.88. The van der Waals surface area contributed by atoms with E-state index in [0.717, 1.165) is 44.3 Å². The van der Waals surface area contributed by atoms with Crippen LogP contribution in [0, 0.1) is 5.92 Å². The fourth-order valence-corrected chi connectivity index (χ4v) is 4.16. The molecule has 4 nitrogen and oxygen atoms in total. The monoisotopic (exact) mass is 340 g/mol.